The summed E-state index contributed by atoms with van der Waals surface area (Å²) in [5.41, 5.74) is 0.574. The van der Waals surface area contributed by atoms with E-state index in [9.17, 15) is 9.50 Å². The third-order valence-corrected chi connectivity index (χ3v) is 4.06. The lowest BCUT2D eigenvalue weighted by molar-refractivity contribution is 0.164. The van der Waals surface area contributed by atoms with Crippen LogP contribution in [-0.4, -0.2) is 32.9 Å². The molecule has 4 nitrogen and oxygen atoms in total. The molecule has 0 aliphatic carbocycles. The SMILES string of the molecule is OC1CSCC1c1nc(-c2cccc(F)c2)no1. The number of nitrogens with zero attached hydrogens (tertiary/aromatic N) is 2. The van der Waals surface area contributed by atoms with Gasteiger partial charge in [-0.15, -0.1) is 0 Å². The molecular formula is C12H11FN2O2S. The van der Waals surface area contributed by atoms with Gasteiger partial charge in [0.15, 0.2) is 0 Å². The first-order chi connectivity index (χ1) is 8.74. The van der Waals surface area contributed by atoms with Crippen LogP contribution in [0.5, 0.6) is 0 Å². The smallest absolute Gasteiger partial charge is 0.233 e. The maximum atomic E-state index is 13.1. The summed E-state index contributed by atoms with van der Waals surface area (Å²) in [6, 6.07) is 6.04. The van der Waals surface area contributed by atoms with Crippen LogP contribution in [-0.2, 0) is 0 Å². The van der Waals surface area contributed by atoms with E-state index in [1.165, 1.54) is 12.1 Å². The van der Waals surface area contributed by atoms with Gasteiger partial charge in [0.2, 0.25) is 11.7 Å². The van der Waals surface area contributed by atoms with Crippen LogP contribution in [0, 0.1) is 5.82 Å². The third kappa shape index (κ3) is 2.13. The van der Waals surface area contributed by atoms with E-state index in [1.54, 1.807) is 23.9 Å². The molecule has 1 aromatic heterocycles. The number of hydrogen-bond acceptors (Lipinski definition) is 5. The van der Waals surface area contributed by atoms with Crippen LogP contribution in [0.15, 0.2) is 28.8 Å². The zero-order valence-electron chi connectivity index (χ0n) is 9.41. The lowest BCUT2D eigenvalue weighted by Gasteiger charge is -2.06. The Hall–Kier alpha value is -1.40. The first-order valence-electron chi connectivity index (χ1n) is 5.59. The van der Waals surface area contributed by atoms with Gasteiger partial charge in [0, 0.05) is 17.1 Å². The Morgan fingerprint density at radius 3 is 3.00 bits per heavy atom. The Labute approximate surface area is 107 Å². The fraction of sp³-hybridized carbons (Fsp3) is 0.333. The van der Waals surface area contributed by atoms with Crippen LogP contribution >= 0.6 is 11.8 Å². The molecule has 1 N–H and O–H groups in total. The molecule has 0 bridgehead atoms. The van der Waals surface area contributed by atoms with Crippen molar-refractivity contribution in [2.75, 3.05) is 11.5 Å². The fourth-order valence-corrected chi connectivity index (χ4v) is 3.14. The number of aliphatic hydroxyl groups is 1. The predicted octanol–water partition coefficient (Wildman–Crippen LogP) is 2.07. The second-order valence-corrected chi connectivity index (χ2v) is 5.25. The van der Waals surface area contributed by atoms with Gasteiger partial charge in [-0.1, -0.05) is 17.3 Å². The Morgan fingerprint density at radius 1 is 1.39 bits per heavy atom. The minimum absolute atomic E-state index is 0.121. The molecule has 2 atom stereocenters. The zero-order valence-corrected chi connectivity index (χ0v) is 10.2. The lowest BCUT2D eigenvalue weighted by atomic mass is 10.1. The molecule has 18 heavy (non-hydrogen) atoms. The fourth-order valence-electron chi connectivity index (χ4n) is 1.91. The van der Waals surface area contributed by atoms with Crippen molar-refractivity contribution in [2.24, 2.45) is 0 Å². The summed E-state index contributed by atoms with van der Waals surface area (Å²) in [4.78, 5) is 4.24. The van der Waals surface area contributed by atoms with Gasteiger partial charge in [-0.25, -0.2) is 4.39 Å². The molecule has 1 aromatic carbocycles. The third-order valence-electron chi connectivity index (χ3n) is 2.89. The van der Waals surface area contributed by atoms with Crippen LogP contribution < -0.4 is 0 Å². The highest BCUT2D eigenvalue weighted by Gasteiger charge is 2.32. The predicted molar refractivity (Wildman–Crippen MR) is 65.8 cm³/mol. The van der Waals surface area contributed by atoms with Gasteiger partial charge in [0.25, 0.3) is 0 Å². The molecule has 0 spiro atoms. The molecule has 1 saturated heterocycles. The lowest BCUT2D eigenvalue weighted by Crippen LogP contribution is -2.15. The largest absolute Gasteiger partial charge is 0.391 e. The number of aromatic nitrogens is 2. The molecule has 0 saturated carbocycles. The average Bonchev–Trinajstić information content (AvgIpc) is 2.97. The molecular weight excluding hydrogens is 255 g/mol. The van der Waals surface area contributed by atoms with Gasteiger partial charge in [0.1, 0.15) is 5.82 Å². The molecule has 2 heterocycles. The number of halogens is 1. The van der Waals surface area contributed by atoms with Crippen molar-refractivity contribution >= 4 is 11.8 Å². The molecule has 2 aromatic rings. The number of hydrogen-bond donors (Lipinski definition) is 1. The summed E-state index contributed by atoms with van der Waals surface area (Å²) < 4.78 is 18.2. The second kappa shape index (κ2) is 4.70. The highest BCUT2D eigenvalue weighted by atomic mass is 32.2. The van der Waals surface area contributed by atoms with Crippen molar-refractivity contribution < 1.29 is 14.0 Å². The zero-order chi connectivity index (χ0) is 12.5. The van der Waals surface area contributed by atoms with Gasteiger partial charge in [0.05, 0.1) is 12.0 Å². The van der Waals surface area contributed by atoms with Crippen molar-refractivity contribution in [3.63, 3.8) is 0 Å². The summed E-state index contributed by atoms with van der Waals surface area (Å²) in [6.07, 6.45) is -0.448. The highest BCUT2D eigenvalue weighted by Crippen LogP contribution is 2.32. The Bertz CT molecular complexity index is 561. The molecule has 0 amide bonds. The minimum atomic E-state index is -0.448. The average molecular weight is 266 g/mol. The molecule has 1 fully saturated rings. The summed E-state index contributed by atoms with van der Waals surface area (Å²) in [7, 11) is 0. The van der Waals surface area contributed by atoms with E-state index in [0.29, 0.717) is 23.0 Å². The summed E-state index contributed by atoms with van der Waals surface area (Å²) in [5, 5.41) is 13.6. The van der Waals surface area contributed by atoms with Gasteiger partial charge in [-0.2, -0.15) is 16.7 Å². The number of benzene rings is 1. The minimum Gasteiger partial charge on any atom is -0.391 e. The topological polar surface area (TPSA) is 59.2 Å². The van der Waals surface area contributed by atoms with E-state index in [1.807, 2.05) is 0 Å². The van der Waals surface area contributed by atoms with E-state index in [-0.39, 0.29) is 11.7 Å². The Balaban J connectivity index is 1.89. The molecule has 2 unspecified atom stereocenters. The second-order valence-electron chi connectivity index (χ2n) is 4.18. The molecule has 1 aliphatic rings. The normalized spacial score (nSPS) is 23.4. The van der Waals surface area contributed by atoms with E-state index < -0.39 is 6.10 Å². The van der Waals surface area contributed by atoms with Crippen LogP contribution in [0.25, 0.3) is 11.4 Å². The van der Waals surface area contributed by atoms with Crippen LogP contribution in [0.2, 0.25) is 0 Å². The highest BCUT2D eigenvalue weighted by molar-refractivity contribution is 7.99. The summed E-state index contributed by atoms with van der Waals surface area (Å²) in [6.45, 7) is 0. The number of aliphatic hydroxyl groups excluding tert-OH is 1. The van der Waals surface area contributed by atoms with Crippen molar-refractivity contribution in [1.82, 2.24) is 10.1 Å². The van der Waals surface area contributed by atoms with Crippen molar-refractivity contribution in [1.29, 1.82) is 0 Å². The first-order valence-corrected chi connectivity index (χ1v) is 6.75. The molecule has 0 radical (unpaired) electrons. The molecule has 6 heteroatoms. The van der Waals surface area contributed by atoms with E-state index in [0.717, 1.165) is 5.75 Å². The quantitative estimate of drug-likeness (QED) is 0.901. The maximum absolute atomic E-state index is 13.1. The standard InChI is InChI=1S/C12H11FN2O2S/c13-8-3-1-2-7(4-8)11-14-12(17-15-11)9-5-18-6-10(9)16/h1-4,9-10,16H,5-6H2. The summed E-state index contributed by atoms with van der Waals surface area (Å²) in [5.74, 6) is 1.77. The van der Waals surface area contributed by atoms with Crippen LogP contribution in [0.3, 0.4) is 0 Å². The van der Waals surface area contributed by atoms with Gasteiger partial charge >= 0.3 is 0 Å². The molecule has 3 rings (SSSR count). The van der Waals surface area contributed by atoms with Crippen LogP contribution in [0.1, 0.15) is 11.8 Å². The Morgan fingerprint density at radius 2 is 2.28 bits per heavy atom. The van der Waals surface area contributed by atoms with E-state index in [4.69, 9.17) is 4.52 Å². The maximum Gasteiger partial charge on any atom is 0.233 e. The monoisotopic (exact) mass is 266 g/mol. The first kappa shape index (κ1) is 11.7. The van der Waals surface area contributed by atoms with Crippen molar-refractivity contribution in [3.05, 3.63) is 36.0 Å². The van der Waals surface area contributed by atoms with Gasteiger partial charge in [-0.3, -0.25) is 0 Å². The Kier molecular flexibility index (Phi) is 3.05. The van der Waals surface area contributed by atoms with Crippen molar-refractivity contribution in [2.45, 2.75) is 12.0 Å². The van der Waals surface area contributed by atoms with Gasteiger partial charge < -0.3 is 9.63 Å². The van der Waals surface area contributed by atoms with Gasteiger partial charge in [-0.05, 0) is 12.1 Å². The number of thioether (sulfide) groups is 1. The van der Waals surface area contributed by atoms with E-state index >= 15 is 0 Å². The van der Waals surface area contributed by atoms with Crippen molar-refractivity contribution in [3.8, 4) is 11.4 Å². The molecule has 94 valence electrons. The summed E-state index contributed by atoms with van der Waals surface area (Å²) >= 11 is 1.65. The van der Waals surface area contributed by atoms with E-state index in [2.05, 4.69) is 10.1 Å². The number of rotatable bonds is 2. The molecule has 1 aliphatic heterocycles. The van der Waals surface area contributed by atoms with Crippen LogP contribution in [0.4, 0.5) is 4.39 Å².